The smallest absolute Gasteiger partial charge is 0.264 e. The number of methoxy groups -OCH3 is 2. The van der Waals surface area contributed by atoms with Crippen LogP contribution in [-0.4, -0.2) is 53.6 Å². The number of carbonyl (C=O) groups is 1. The Balaban J connectivity index is 1.39. The van der Waals surface area contributed by atoms with Crippen molar-refractivity contribution >= 4 is 21.6 Å². The molecule has 0 spiro atoms. The van der Waals surface area contributed by atoms with E-state index in [1.807, 2.05) is 12.1 Å². The number of anilines is 1. The van der Waals surface area contributed by atoms with E-state index < -0.39 is 10.0 Å². The van der Waals surface area contributed by atoms with Gasteiger partial charge in [-0.1, -0.05) is 24.3 Å². The SMILES string of the molecule is COc1ccc(S(=O)(=O)N(C)c2ccc(C(=O)NCc3cccc(CN4CCCC4)c3)cc2)cc1OC. The minimum atomic E-state index is -3.85. The molecule has 0 bridgehead atoms. The van der Waals surface area contributed by atoms with Gasteiger partial charge in [0.25, 0.3) is 15.9 Å². The van der Waals surface area contributed by atoms with Crippen LogP contribution in [0.2, 0.25) is 0 Å². The molecule has 0 aliphatic carbocycles. The highest BCUT2D eigenvalue weighted by Crippen LogP contribution is 2.31. The Morgan fingerprint density at radius 3 is 2.27 bits per heavy atom. The number of nitrogens with zero attached hydrogens (tertiary/aromatic N) is 2. The third-order valence-corrected chi connectivity index (χ3v) is 8.34. The molecule has 1 amide bonds. The number of hydrogen-bond donors (Lipinski definition) is 1. The first-order valence-corrected chi connectivity index (χ1v) is 13.6. The van der Waals surface area contributed by atoms with Crippen LogP contribution in [0.25, 0.3) is 0 Å². The van der Waals surface area contributed by atoms with Crippen molar-refractivity contribution in [3.63, 3.8) is 0 Å². The van der Waals surface area contributed by atoms with Crippen LogP contribution < -0.4 is 19.1 Å². The number of amides is 1. The van der Waals surface area contributed by atoms with Crippen molar-refractivity contribution in [3.8, 4) is 11.5 Å². The van der Waals surface area contributed by atoms with Gasteiger partial charge in [-0.25, -0.2) is 8.42 Å². The molecule has 1 N–H and O–H groups in total. The van der Waals surface area contributed by atoms with Crippen molar-refractivity contribution in [3.05, 3.63) is 83.4 Å². The lowest BCUT2D eigenvalue weighted by Crippen LogP contribution is -2.27. The molecule has 3 aromatic rings. The second-order valence-corrected chi connectivity index (χ2v) is 11.0. The first-order chi connectivity index (χ1) is 17.8. The first kappa shape index (κ1) is 26.5. The summed E-state index contributed by atoms with van der Waals surface area (Å²) in [6.45, 7) is 3.63. The van der Waals surface area contributed by atoms with Gasteiger partial charge in [0.1, 0.15) is 0 Å². The summed E-state index contributed by atoms with van der Waals surface area (Å²) in [5.41, 5.74) is 3.17. The van der Waals surface area contributed by atoms with E-state index in [9.17, 15) is 13.2 Å². The fraction of sp³-hybridized carbons (Fsp3) is 0.321. The largest absolute Gasteiger partial charge is 0.493 e. The van der Waals surface area contributed by atoms with E-state index in [1.54, 1.807) is 30.3 Å². The number of likely N-dealkylation sites (tertiary alicyclic amines) is 1. The molecular weight excluding hydrogens is 490 g/mol. The molecule has 0 unspecified atom stereocenters. The van der Waals surface area contributed by atoms with Crippen LogP contribution in [0, 0.1) is 0 Å². The second kappa shape index (κ2) is 11.7. The average Bonchev–Trinajstić information content (AvgIpc) is 3.44. The maximum atomic E-state index is 13.2. The molecule has 37 heavy (non-hydrogen) atoms. The molecule has 1 heterocycles. The summed E-state index contributed by atoms with van der Waals surface area (Å²) in [6, 6.07) is 19.2. The van der Waals surface area contributed by atoms with Crippen LogP contribution in [0.15, 0.2) is 71.6 Å². The Hall–Kier alpha value is -3.56. The van der Waals surface area contributed by atoms with Crippen molar-refractivity contribution < 1.29 is 22.7 Å². The quantitative estimate of drug-likeness (QED) is 0.431. The summed E-state index contributed by atoms with van der Waals surface area (Å²) in [6.07, 6.45) is 2.51. The fourth-order valence-electron chi connectivity index (χ4n) is 4.42. The van der Waals surface area contributed by atoms with Crippen LogP contribution >= 0.6 is 0 Å². The van der Waals surface area contributed by atoms with Crippen molar-refractivity contribution in [2.24, 2.45) is 0 Å². The van der Waals surface area contributed by atoms with E-state index in [0.29, 0.717) is 29.3 Å². The second-order valence-electron chi connectivity index (χ2n) is 9.02. The molecule has 0 radical (unpaired) electrons. The number of sulfonamides is 1. The van der Waals surface area contributed by atoms with Gasteiger partial charge >= 0.3 is 0 Å². The van der Waals surface area contributed by atoms with Crippen molar-refractivity contribution in [1.29, 1.82) is 0 Å². The highest BCUT2D eigenvalue weighted by atomic mass is 32.2. The van der Waals surface area contributed by atoms with E-state index >= 15 is 0 Å². The van der Waals surface area contributed by atoms with Crippen molar-refractivity contribution in [2.45, 2.75) is 30.8 Å². The monoisotopic (exact) mass is 523 g/mol. The normalized spacial score (nSPS) is 13.8. The summed E-state index contributed by atoms with van der Waals surface area (Å²) in [5, 5.41) is 2.95. The minimum Gasteiger partial charge on any atom is -0.493 e. The molecule has 0 saturated carbocycles. The molecular formula is C28H33N3O5S. The summed E-state index contributed by atoms with van der Waals surface area (Å²) in [4.78, 5) is 15.3. The Labute approximate surface area is 218 Å². The lowest BCUT2D eigenvalue weighted by atomic mass is 10.1. The maximum Gasteiger partial charge on any atom is 0.264 e. The van der Waals surface area contributed by atoms with Crippen LogP contribution in [0.3, 0.4) is 0 Å². The van der Waals surface area contributed by atoms with Gasteiger partial charge in [0.15, 0.2) is 11.5 Å². The molecule has 0 atom stereocenters. The van der Waals surface area contributed by atoms with Gasteiger partial charge in [-0.2, -0.15) is 0 Å². The third kappa shape index (κ3) is 6.23. The molecule has 9 heteroatoms. The summed E-state index contributed by atoms with van der Waals surface area (Å²) < 4.78 is 37.9. The average molecular weight is 524 g/mol. The van der Waals surface area contributed by atoms with Gasteiger partial charge < -0.3 is 14.8 Å². The van der Waals surface area contributed by atoms with E-state index in [-0.39, 0.29) is 10.8 Å². The highest BCUT2D eigenvalue weighted by molar-refractivity contribution is 7.92. The Morgan fingerprint density at radius 1 is 0.919 bits per heavy atom. The van der Waals surface area contributed by atoms with Gasteiger partial charge in [-0.3, -0.25) is 14.0 Å². The van der Waals surface area contributed by atoms with Crippen molar-refractivity contribution in [2.75, 3.05) is 38.7 Å². The fourth-order valence-corrected chi connectivity index (χ4v) is 5.63. The first-order valence-electron chi connectivity index (χ1n) is 12.2. The summed E-state index contributed by atoms with van der Waals surface area (Å²) in [5.74, 6) is 0.547. The van der Waals surface area contributed by atoms with E-state index in [4.69, 9.17) is 9.47 Å². The molecule has 8 nitrogen and oxygen atoms in total. The third-order valence-electron chi connectivity index (χ3n) is 6.56. The van der Waals surface area contributed by atoms with Crippen LogP contribution in [0.1, 0.15) is 34.3 Å². The number of ether oxygens (including phenoxy) is 2. The molecule has 1 fully saturated rings. The number of carbonyl (C=O) groups excluding carboxylic acids is 1. The van der Waals surface area contributed by atoms with E-state index in [2.05, 4.69) is 22.3 Å². The van der Waals surface area contributed by atoms with Gasteiger partial charge in [0, 0.05) is 31.8 Å². The van der Waals surface area contributed by atoms with Crippen LogP contribution in [0.4, 0.5) is 5.69 Å². The Kier molecular flexibility index (Phi) is 8.35. The lowest BCUT2D eigenvalue weighted by Gasteiger charge is -2.20. The number of rotatable bonds is 10. The van der Waals surface area contributed by atoms with Crippen LogP contribution in [0.5, 0.6) is 11.5 Å². The molecule has 1 aliphatic heterocycles. The maximum absolute atomic E-state index is 13.2. The Bertz CT molecular complexity index is 1340. The Morgan fingerprint density at radius 2 is 1.59 bits per heavy atom. The standard InChI is InChI=1S/C28H33N3O5S/c1-30(37(33,34)25-13-14-26(35-2)27(18-25)36-3)24-11-9-23(10-12-24)28(32)29-19-21-7-6-8-22(17-21)20-31-15-4-5-16-31/h6-14,17-18H,4-5,15-16,19-20H2,1-3H3,(H,29,32). The van der Waals surface area contributed by atoms with Crippen molar-refractivity contribution in [1.82, 2.24) is 10.2 Å². The summed E-state index contributed by atoms with van der Waals surface area (Å²) >= 11 is 0. The van der Waals surface area contributed by atoms with E-state index in [1.165, 1.54) is 56.1 Å². The number of nitrogens with one attached hydrogen (secondary N) is 1. The highest BCUT2D eigenvalue weighted by Gasteiger charge is 2.23. The van der Waals surface area contributed by atoms with Gasteiger partial charge in [-0.15, -0.1) is 0 Å². The molecule has 3 aromatic carbocycles. The van der Waals surface area contributed by atoms with Gasteiger partial charge in [0.05, 0.1) is 24.8 Å². The predicted octanol–water partition coefficient (Wildman–Crippen LogP) is 4.05. The van der Waals surface area contributed by atoms with E-state index in [0.717, 1.165) is 25.2 Å². The number of hydrogen-bond acceptors (Lipinski definition) is 6. The molecule has 1 saturated heterocycles. The zero-order valence-electron chi connectivity index (χ0n) is 21.4. The molecule has 0 aromatic heterocycles. The lowest BCUT2D eigenvalue weighted by molar-refractivity contribution is 0.0951. The predicted molar refractivity (Wildman–Crippen MR) is 144 cm³/mol. The van der Waals surface area contributed by atoms with Crippen LogP contribution in [-0.2, 0) is 23.1 Å². The minimum absolute atomic E-state index is 0.0708. The van der Waals surface area contributed by atoms with Gasteiger partial charge in [0.2, 0.25) is 0 Å². The number of benzene rings is 3. The molecule has 1 aliphatic rings. The molecule has 4 rings (SSSR count). The topological polar surface area (TPSA) is 88.2 Å². The molecule has 196 valence electrons. The zero-order valence-corrected chi connectivity index (χ0v) is 22.3. The van der Waals surface area contributed by atoms with Gasteiger partial charge in [-0.05, 0) is 73.5 Å². The summed E-state index contributed by atoms with van der Waals surface area (Å²) in [7, 11) is 0.560. The zero-order chi connectivity index (χ0) is 26.4.